The first-order valence-electron chi connectivity index (χ1n) is 6.69. The van der Waals surface area contributed by atoms with Crippen LogP contribution in [-0.2, 0) is 14.4 Å². The van der Waals surface area contributed by atoms with E-state index in [0.29, 0.717) is 26.1 Å². The van der Waals surface area contributed by atoms with Crippen LogP contribution in [0.15, 0.2) is 0 Å². The molecule has 1 rings (SSSR count). The molecule has 0 aromatic heterocycles. The Hall–Kier alpha value is -1.67. The third-order valence-electron chi connectivity index (χ3n) is 3.14. The number of likely N-dealkylation sites (N-methyl/N-ethyl adjacent to an activating group) is 1. The Balaban J connectivity index is 2.34. The summed E-state index contributed by atoms with van der Waals surface area (Å²) < 4.78 is 0. The van der Waals surface area contributed by atoms with Gasteiger partial charge in [-0.2, -0.15) is 0 Å². The maximum absolute atomic E-state index is 11.8. The average Bonchev–Trinajstić information content (AvgIpc) is 2.43. The van der Waals surface area contributed by atoms with Gasteiger partial charge in [0.05, 0.1) is 6.54 Å². The fraction of sp³-hybridized carbons (Fsp3) is 0.750. The molecule has 8 nitrogen and oxygen atoms in total. The van der Waals surface area contributed by atoms with E-state index in [2.05, 4.69) is 16.0 Å². The van der Waals surface area contributed by atoms with Crippen LogP contribution in [-0.4, -0.2) is 73.6 Å². The van der Waals surface area contributed by atoms with Gasteiger partial charge in [-0.1, -0.05) is 0 Å². The van der Waals surface area contributed by atoms with Gasteiger partial charge in [0.1, 0.15) is 6.04 Å². The minimum atomic E-state index is -0.874. The highest BCUT2D eigenvalue weighted by Crippen LogP contribution is 2.03. The summed E-state index contributed by atoms with van der Waals surface area (Å²) in [6, 6.07) is -0.349. The second kappa shape index (κ2) is 8.49. The first-order valence-corrected chi connectivity index (χ1v) is 6.69. The Labute approximate surface area is 117 Å². The van der Waals surface area contributed by atoms with Gasteiger partial charge in [-0.05, 0) is 6.42 Å². The van der Waals surface area contributed by atoms with E-state index in [0.717, 1.165) is 6.54 Å². The van der Waals surface area contributed by atoms with Crippen molar-refractivity contribution in [3.8, 4) is 0 Å². The van der Waals surface area contributed by atoms with Crippen LogP contribution in [0.3, 0.4) is 0 Å². The van der Waals surface area contributed by atoms with Gasteiger partial charge < -0.3 is 21.1 Å². The summed E-state index contributed by atoms with van der Waals surface area (Å²) in [5, 5.41) is 16.9. The lowest BCUT2D eigenvalue weighted by Crippen LogP contribution is -2.59. The molecule has 1 saturated heterocycles. The predicted octanol–water partition coefficient (Wildman–Crippen LogP) is -2.01. The molecule has 1 heterocycles. The number of carboxylic acid groups (broad SMARTS) is 1. The zero-order valence-electron chi connectivity index (χ0n) is 11.6. The van der Waals surface area contributed by atoms with E-state index < -0.39 is 5.97 Å². The highest BCUT2D eigenvalue weighted by atomic mass is 16.4. The zero-order valence-corrected chi connectivity index (χ0v) is 11.6. The lowest BCUT2D eigenvalue weighted by molar-refractivity contribution is -0.137. The Bertz CT molecular complexity index is 361. The third kappa shape index (κ3) is 5.54. The molecule has 0 spiro atoms. The number of piperazine rings is 1. The highest BCUT2D eigenvalue weighted by Gasteiger charge is 2.28. The number of carbonyl (C=O) groups is 3. The summed E-state index contributed by atoms with van der Waals surface area (Å²) in [5.74, 6) is -1.18. The molecule has 20 heavy (non-hydrogen) atoms. The molecule has 2 amide bonds. The van der Waals surface area contributed by atoms with Gasteiger partial charge in [0, 0.05) is 39.6 Å². The van der Waals surface area contributed by atoms with E-state index in [1.807, 2.05) is 4.90 Å². The summed E-state index contributed by atoms with van der Waals surface area (Å²) in [5.41, 5.74) is 0. The van der Waals surface area contributed by atoms with Crippen molar-refractivity contribution in [1.82, 2.24) is 20.9 Å². The molecule has 0 aliphatic carbocycles. The molecule has 1 unspecified atom stereocenters. The van der Waals surface area contributed by atoms with Crippen molar-refractivity contribution in [2.24, 2.45) is 0 Å². The number of amides is 2. The highest BCUT2D eigenvalue weighted by molar-refractivity contribution is 5.83. The third-order valence-corrected chi connectivity index (χ3v) is 3.14. The Morgan fingerprint density at radius 3 is 2.80 bits per heavy atom. The maximum Gasteiger partial charge on any atom is 0.303 e. The molecular weight excluding hydrogens is 264 g/mol. The lowest BCUT2D eigenvalue weighted by atomic mass is 10.1. The summed E-state index contributed by atoms with van der Waals surface area (Å²) in [4.78, 5) is 35.6. The van der Waals surface area contributed by atoms with Crippen molar-refractivity contribution in [2.45, 2.75) is 18.9 Å². The molecule has 1 fully saturated rings. The Kier molecular flexibility index (Phi) is 6.96. The van der Waals surface area contributed by atoms with Crippen LogP contribution in [0.5, 0.6) is 0 Å². The molecule has 4 N–H and O–H groups in total. The summed E-state index contributed by atoms with van der Waals surface area (Å²) in [7, 11) is 1.57. The average molecular weight is 286 g/mol. The van der Waals surface area contributed by atoms with E-state index in [-0.39, 0.29) is 30.8 Å². The van der Waals surface area contributed by atoms with Gasteiger partial charge >= 0.3 is 5.97 Å². The van der Waals surface area contributed by atoms with Crippen molar-refractivity contribution < 1.29 is 19.5 Å². The standard InChI is InChI=1S/C12H22N4O4/c1-13-12(20)9-7-14-5-6-16(9)8-10(17)15-4-2-3-11(18)19/h9,14H,2-8H2,1H3,(H,13,20)(H,15,17)(H,18,19). The number of aliphatic carboxylic acids is 1. The van der Waals surface area contributed by atoms with Gasteiger partial charge in [-0.3, -0.25) is 19.3 Å². The van der Waals surface area contributed by atoms with Gasteiger partial charge in [-0.25, -0.2) is 0 Å². The van der Waals surface area contributed by atoms with Crippen LogP contribution in [0, 0.1) is 0 Å². The van der Waals surface area contributed by atoms with Gasteiger partial charge in [0.15, 0.2) is 0 Å². The molecule has 1 aliphatic heterocycles. The second-order valence-electron chi connectivity index (χ2n) is 4.65. The Morgan fingerprint density at radius 1 is 1.40 bits per heavy atom. The van der Waals surface area contributed by atoms with Crippen molar-refractivity contribution >= 4 is 17.8 Å². The van der Waals surface area contributed by atoms with Gasteiger partial charge in [0.25, 0.3) is 0 Å². The maximum atomic E-state index is 11.8. The number of hydrogen-bond acceptors (Lipinski definition) is 5. The number of carboxylic acids is 1. The quantitative estimate of drug-likeness (QED) is 0.402. The number of carbonyl (C=O) groups excluding carboxylic acids is 2. The molecule has 114 valence electrons. The molecule has 0 aromatic carbocycles. The first kappa shape index (κ1) is 16.4. The van der Waals surface area contributed by atoms with Crippen LogP contribution in [0.25, 0.3) is 0 Å². The molecular formula is C12H22N4O4. The van der Waals surface area contributed by atoms with Crippen molar-refractivity contribution in [3.63, 3.8) is 0 Å². The monoisotopic (exact) mass is 286 g/mol. The van der Waals surface area contributed by atoms with E-state index in [9.17, 15) is 14.4 Å². The van der Waals surface area contributed by atoms with Crippen LogP contribution < -0.4 is 16.0 Å². The van der Waals surface area contributed by atoms with Gasteiger partial charge in [0.2, 0.25) is 11.8 Å². The van der Waals surface area contributed by atoms with Crippen LogP contribution in [0.2, 0.25) is 0 Å². The summed E-state index contributed by atoms with van der Waals surface area (Å²) in [6.07, 6.45) is 0.441. The number of nitrogens with one attached hydrogen (secondary N) is 3. The molecule has 8 heteroatoms. The van der Waals surface area contributed by atoms with Crippen molar-refractivity contribution in [2.75, 3.05) is 39.8 Å². The minimum absolute atomic E-state index is 0.0365. The topological polar surface area (TPSA) is 111 Å². The van der Waals surface area contributed by atoms with E-state index >= 15 is 0 Å². The van der Waals surface area contributed by atoms with Crippen molar-refractivity contribution in [3.05, 3.63) is 0 Å². The van der Waals surface area contributed by atoms with Crippen LogP contribution in [0.4, 0.5) is 0 Å². The molecule has 0 radical (unpaired) electrons. The first-order chi connectivity index (χ1) is 9.54. The van der Waals surface area contributed by atoms with E-state index in [1.165, 1.54) is 0 Å². The molecule has 0 aromatic rings. The number of hydrogen-bond donors (Lipinski definition) is 4. The normalized spacial score (nSPS) is 19.4. The molecule has 0 bridgehead atoms. The largest absolute Gasteiger partial charge is 0.481 e. The minimum Gasteiger partial charge on any atom is -0.481 e. The number of nitrogens with zero attached hydrogens (tertiary/aromatic N) is 1. The van der Waals surface area contributed by atoms with Crippen LogP contribution >= 0.6 is 0 Å². The van der Waals surface area contributed by atoms with E-state index in [4.69, 9.17) is 5.11 Å². The summed E-state index contributed by atoms with van der Waals surface area (Å²) in [6.45, 7) is 2.36. The fourth-order valence-corrected chi connectivity index (χ4v) is 2.07. The van der Waals surface area contributed by atoms with E-state index in [1.54, 1.807) is 7.05 Å². The van der Waals surface area contributed by atoms with Crippen LogP contribution in [0.1, 0.15) is 12.8 Å². The van der Waals surface area contributed by atoms with Gasteiger partial charge in [-0.15, -0.1) is 0 Å². The molecule has 1 aliphatic rings. The smallest absolute Gasteiger partial charge is 0.303 e. The Morgan fingerprint density at radius 2 is 2.15 bits per heavy atom. The predicted molar refractivity (Wildman–Crippen MR) is 72.2 cm³/mol. The fourth-order valence-electron chi connectivity index (χ4n) is 2.07. The lowest BCUT2D eigenvalue weighted by Gasteiger charge is -2.34. The summed E-state index contributed by atoms with van der Waals surface area (Å²) >= 11 is 0. The second-order valence-corrected chi connectivity index (χ2v) is 4.65. The number of rotatable bonds is 7. The molecule has 1 atom stereocenters. The van der Waals surface area contributed by atoms with Crippen molar-refractivity contribution in [1.29, 1.82) is 0 Å². The zero-order chi connectivity index (χ0) is 15.0. The molecule has 0 saturated carbocycles. The SMILES string of the molecule is CNC(=O)C1CNCCN1CC(=O)NCCCC(=O)O.